The summed E-state index contributed by atoms with van der Waals surface area (Å²) in [5.41, 5.74) is 0.905. The van der Waals surface area contributed by atoms with Gasteiger partial charge in [-0.2, -0.15) is 0 Å². The van der Waals surface area contributed by atoms with Gasteiger partial charge in [-0.1, -0.05) is 23.7 Å². The Morgan fingerprint density at radius 1 is 1.03 bits per heavy atom. The molecule has 2 aromatic carbocycles. The van der Waals surface area contributed by atoms with E-state index in [1.807, 2.05) is 0 Å². The minimum absolute atomic E-state index is 0.0556. The number of ketones is 1. The van der Waals surface area contributed by atoms with Crippen LogP contribution in [0.2, 0.25) is 5.02 Å². The number of Topliss-reactive ketones (excluding diaryl/α,β-unsaturated/α-hetero) is 1. The normalized spacial score (nSPS) is 17.9. The Bertz CT molecular complexity index is 1130. The number of anilines is 1. The van der Waals surface area contributed by atoms with E-state index in [4.69, 9.17) is 16.3 Å². The Balaban J connectivity index is 1.91. The molecule has 150 valence electrons. The van der Waals surface area contributed by atoms with Crippen molar-refractivity contribution >= 4 is 35.0 Å². The van der Waals surface area contributed by atoms with E-state index in [-0.39, 0.29) is 17.3 Å². The van der Waals surface area contributed by atoms with Crippen LogP contribution in [0.25, 0.3) is 5.76 Å². The van der Waals surface area contributed by atoms with Crippen molar-refractivity contribution in [3.63, 3.8) is 0 Å². The topological polar surface area (TPSA) is 92.6 Å². The molecule has 3 aromatic rings. The lowest BCUT2D eigenvalue weighted by molar-refractivity contribution is -0.132. The van der Waals surface area contributed by atoms with Crippen LogP contribution in [0.15, 0.2) is 72.6 Å². The number of aromatic nitrogens is 2. The summed E-state index contributed by atoms with van der Waals surface area (Å²) >= 11 is 6.01. The molecule has 1 atom stereocenters. The Morgan fingerprint density at radius 3 is 2.27 bits per heavy atom. The van der Waals surface area contributed by atoms with Crippen molar-refractivity contribution < 1.29 is 19.4 Å². The van der Waals surface area contributed by atoms with Gasteiger partial charge in [0.15, 0.2) is 0 Å². The summed E-state index contributed by atoms with van der Waals surface area (Å²) in [6, 6.07) is 13.9. The third-order valence-corrected chi connectivity index (χ3v) is 5.01. The Hall–Kier alpha value is -3.71. The van der Waals surface area contributed by atoms with E-state index in [0.29, 0.717) is 21.9 Å². The van der Waals surface area contributed by atoms with Gasteiger partial charge in [0, 0.05) is 23.0 Å². The quantitative estimate of drug-likeness (QED) is 0.391. The third kappa shape index (κ3) is 3.40. The van der Waals surface area contributed by atoms with Crippen LogP contribution in [0.4, 0.5) is 5.95 Å². The highest BCUT2D eigenvalue weighted by Gasteiger charge is 2.48. The molecule has 1 N–H and O–H groups in total. The van der Waals surface area contributed by atoms with Gasteiger partial charge >= 0.3 is 5.91 Å². The van der Waals surface area contributed by atoms with Gasteiger partial charge in [-0.3, -0.25) is 14.5 Å². The summed E-state index contributed by atoms with van der Waals surface area (Å²) in [4.78, 5) is 35.3. The summed E-state index contributed by atoms with van der Waals surface area (Å²) in [7, 11) is 1.53. The minimum atomic E-state index is -0.910. The van der Waals surface area contributed by atoms with Crippen molar-refractivity contribution in [2.24, 2.45) is 0 Å². The number of carbonyl (C=O) groups is 2. The number of methoxy groups -OCH3 is 1. The van der Waals surface area contributed by atoms with Crippen molar-refractivity contribution in [3.8, 4) is 5.75 Å². The van der Waals surface area contributed by atoms with Crippen molar-refractivity contribution in [3.05, 3.63) is 88.7 Å². The zero-order valence-electron chi connectivity index (χ0n) is 15.8. The molecule has 0 saturated carbocycles. The molecule has 7 nitrogen and oxygen atoms in total. The highest BCUT2D eigenvalue weighted by Crippen LogP contribution is 2.41. The lowest BCUT2D eigenvalue weighted by Crippen LogP contribution is -2.31. The molecule has 0 radical (unpaired) electrons. The number of amides is 1. The van der Waals surface area contributed by atoms with E-state index >= 15 is 0 Å². The number of aliphatic hydroxyl groups is 1. The highest BCUT2D eigenvalue weighted by molar-refractivity contribution is 6.51. The van der Waals surface area contributed by atoms with Crippen LogP contribution in [0, 0.1) is 0 Å². The molecule has 1 amide bonds. The van der Waals surface area contributed by atoms with Crippen LogP contribution in [0.5, 0.6) is 5.75 Å². The molecule has 0 unspecified atom stereocenters. The standard InChI is InChI=1S/C22H16ClN3O4/c1-30-16-9-5-14(6-10-16)19(27)17-18(13-3-7-15(23)8-4-13)26(21(29)20(17)28)22-24-11-2-12-25-22/h2-12,18,27H,1H3/b19-17+/t18-/m1/s1. The fourth-order valence-electron chi connectivity index (χ4n) is 3.32. The molecule has 1 aliphatic rings. The predicted molar refractivity (Wildman–Crippen MR) is 111 cm³/mol. The average Bonchev–Trinajstić information content (AvgIpc) is 3.05. The highest BCUT2D eigenvalue weighted by atomic mass is 35.5. The molecule has 0 spiro atoms. The predicted octanol–water partition coefficient (Wildman–Crippen LogP) is 3.76. The molecule has 0 bridgehead atoms. The molecule has 1 saturated heterocycles. The van der Waals surface area contributed by atoms with Crippen LogP contribution in [0.1, 0.15) is 17.2 Å². The van der Waals surface area contributed by atoms with Crippen molar-refractivity contribution in [2.45, 2.75) is 6.04 Å². The molecule has 2 heterocycles. The number of benzene rings is 2. The maximum Gasteiger partial charge on any atom is 0.302 e. The SMILES string of the molecule is COc1ccc(/C(O)=C2\C(=O)C(=O)N(c3ncccn3)[C@@H]2c2ccc(Cl)cc2)cc1. The number of nitrogens with zero attached hydrogens (tertiary/aromatic N) is 3. The zero-order valence-corrected chi connectivity index (χ0v) is 16.6. The van der Waals surface area contributed by atoms with Crippen LogP contribution in [-0.4, -0.2) is 33.9 Å². The smallest absolute Gasteiger partial charge is 0.302 e. The van der Waals surface area contributed by atoms with Gasteiger partial charge in [-0.15, -0.1) is 0 Å². The fraction of sp³-hybridized carbons (Fsp3) is 0.0909. The number of carbonyl (C=O) groups excluding carboxylic acids is 2. The number of rotatable bonds is 4. The van der Waals surface area contributed by atoms with Gasteiger partial charge in [0.2, 0.25) is 5.95 Å². The second-order valence-electron chi connectivity index (χ2n) is 6.50. The number of hydrogen-bond acceptors (Lipinski definition) is 6. The zero-order chi connectivity index (χ0) is 21.3. The average molecular weight is 422 g/mol. The Kier molecular flexibility index (Phi) is 5.20. The molecule has 0 aliphatic carbocycles. The van der Waals surface area contributed by atoms with Crippen molar-refractivity contribution in [1.82, 2.24) is 9.97 Å². The van der Waals surface area contributed by atoms with E-state index in [1.165, 1.54) is 24.4 Å². The Labute approximate surface area is 177 Å². The molecular weight excluding hydrogens is 406 g/mol. The molecule has 8 heteroatoms. The monoisotopic (exact) mass is 421 g/mol. The lowest BCUT2D eigenvalue weighted by Gasteiger charge is -2.23. The number of ether oxygens (including phenoxy) is 1. The molecular formula is C22H16ClN3O4. The summed E-state index contributed by atoms with van der Waals surface area (Å²) in [5, 5.41) is 11.5. The third-order valence-electron chi connectivity index (χ3n) is 4.76. The van der Waals surface area contributed by atoms with Gasteiger partial charge in [0.05, 0.1) is 18.7 Å². The Morgan fingerprint density at radius 2 is 1.67 bits per heavy atom. The van der Waals surface area contributed by atoms with Gasteiger partial charge in [-0.05, 0) is 48.0 Å². The maximum atomic E-state index is 13.0. The largest absolute Gasteiger partial charge is 0.507 e. The maximum absolute atomic E-state index is 13.0. The second-order valence-corrected chi connectivity index (χ2v) is 6.93. The van der Waals surface area contributed by atoms with Crippen LogP contribution in [0.3, 0.4) is 0 Å². The number of hydrogen-bond donors (Lipinski definition) is 1. The molecule has 1 aromatic heterocycles. The summed E-state index contributed by atoms with van der Waals surface area (Å²) in [6.45, 7) is 0. The molecule has 1 aliphatic heterocycles. The van der Waals surface area contributed by atoms with Crippen molar-refractivity contribution in [2.75, 3.05) is 12.0 Å². The van der Waals surface area contributed by atoms with E-state index in [2.05, 4.69) is 9.97 Å². The number of aliphatic hydroxyl groups excluding tert-OH is 1. The first kappa shape index (κ1) is 19.6. The lowest BCUT2D eigenvalue weighted by atomic mass is 9.95. The summed E-state index contributed by atoms with van der Waals surface area (Å²) in [5.74, 6) is -1.28. The molecule has 4 rings (SSSR count). The fourth-order valence-corrected chi connectivity index (χ4v) is 3.45. The van der Waals surface area contributed by atoms with E-state index < -0.39 is 17.7 Å². The second kappa shape index (κ2) is 7.96. The van der Waals surface area contributed by atoms with E-state index in [9.17, 15) is 14.7 Å². The number of halogens is 1. The van der Waals surface area contributed by atoms with E-state index in [0.717, 1.165) is 0 Å². The molecule has 1 fully saturated rings. The first-order chi connectivity index (χ1) is 14.5. The summed E-state index contributed by atoms with van der Waals surface area (Å²) < 4.78 is 5.13. The van der Waals surface area contributed by atoms with Crippen molar-refractivity contribution in [1.29, 1.82) is 0 Å². The van der Waals surface area contributed by atoms with Gasteiger partial charge in [-0.25, -0.2) is 9.97 Å². The van der Waals surface area contributed by atoms with Crippen LogP contribution in [-0.2, 0) is 9.59 Å². The van der Waals surface area contributed by atoms with Crippen LogP contribution >= 0.6 is 11.6 Å². The van der Waals surface area contributed by atoms with Crippen LogP contribution < -0.4 is 9.64 Å². The van der Waals surface area contributed by atoms with Gasteiger partial charge in [0.25, 0.3) is 5.78 Å². The first-order valence-corrected chi connectivity index (χ1v) is 9.37. The molecule has 30 heavy (non-hydrogen) atoms. The van der Waals surface area contributed by atoms with Gasteiger partial charge in [0.1, 0.15) is 11.5 Å². The van der Waals surface area contributed by atoms with Gasteiger partial charge < -0.3 is 9.84 Å². The minimum Gasteiger partial charge on any atom is -0.507 e. The first-order valence-electron chi connectivity index (χ1n) is 8.99. The van der Waals surface area contributed by atoms with E-state index in [1.54, 1.807) is 54.6 Å². The summed E-state index contributed by atoms with van der Waals surface area (Å²) in [6.07, 6.45) is 2.95.